The normalized spacial score (nSPS) is 10.6. The highest BCUT2D eigenvalue weighted by atomic mass is 16.6. The molecular weight excluding hydrogens is 386 g/mol. The highest BCUT2D eigenvalue weighted by Crippen LogP contribution is 2.33. The van der Waals surface area contributed by atoms with Crippen molar-refractivity contribution in [3.63, 3.8) is 0 Å². The molecule has 2 aromatic carbocycles. The van der Waals surface area contributed by atoms with E-state index < -0.39 is 4.92 Å². The molecule has 9 nitrogen and oxygen atoms in total. The van der Waals surface area contributed by atoms with Crippen LogP contribution in [0.25, 0.3) is 22.8 Å². The Hall–Kier alpha value is -4.27. The first-order chi connectivity index (χ1) is 14.7. The number of nitro benzene ring substituents is 1. The fraction of sp³-hybridized carbons (Fsp3) is 0.0952. The van der Waals surface area contributed by atoms with Gasteiger partial charge in [-0.1, -0.05) is 23.4 Å². The Kier molecular flexibility index (Phi) is 5.33. The van der Waals surface area contributed by atoms with Gasteiger partial charge in [0.2, 0.25) is 5.82 Å². The number of nitro groups is 1. The summed E-state index contributed by atoms with van der Waals surface area (Å²) in [6.07, 6.45) is 3.37. The molecule has 0 aliphatic rings. The van der Waals surface area contributed by atoms with Crippen molar-refractivity contribution in [1.82, 2.24) is 15.1 Å². The van der Waals surface area contributed by atoms with Crippen LogP contribution in [0.2, 0.25) is 0 Å². The quantitative estimate of drug-likeness (QED) is 0.358. The van der Waals surface area contributed by atoms with E-state index in [1.165, 1.54) is 6.07 Å². The van der Waals surface area contributed by atoms with Gasteiger partial charge in [-0.2, -0.15) is 4.98 Å². The number of nitrogens with one attached hydrogen (secondary N) is 1. The largest absolute Gasteiger partial charge is 0.496 e. The van der Waals surface area contributed by atoms with Crippen LogP contribution >= 0.6 is 0 Å². The summed E-state index contributed by atoms with van der Waals surface area (Å²) in [5, 5.41) is 18.7. The van der Waals surface area contributed by atoms with Gasteiger partial charge in [0, 0.05) is 30.6 Å². The molecule has 4 aromatic rings. The lowest BCUT2D eigenvalue weighted by Gasteiger charge is -2.07. The maximum absolute atomic E-state index is 11.6. The number of benzene rings is 2. The van der Waals surface area contributed by atoms with E-state index in [0.717, 1.165) is 5.56 Å². The molecule has 0 spiro atoms. The summed E-state index contributed by atoms with van der Waals surface area (Å²) < 4.78 is 10.7. The van der Waals surface area contributed by atoms with Crippen molar-refractivity contribution in [2.24, 2.45) is 0 Å². The molecule has 0 fully saturated rings. The number of nitrogens with zero attached hydrogens (tertiary/aromatic N) is 4. The molecule has 30 heavy (non-hydrogen) atoms. The third-order valence-corrected chi connectivity index (χ3v) is 4.42. The van der Waals surface area contributed by atoms with E-state index in [9.17, 15) is 10.1 Å². The molecule has 0 saturated carbocycles. The zero-order valence-corrected chi connectivity index (χ0v) is 16.0. The Labute approximate surface area is 171 Å². The molecule has 0 saturated heterocycles. The van der Waals surface area contributed by atoms with Gasteiger partial charge in [-0.05, 0) is 35.9 Å². The zero-order valence-electron chi connectivity index (χ0n) is 16.0. The van der Waals surface area contributed by atoms with Crippen molar-refractivity contribution in [2.75, 3.05) is 12.4 Å². The summed E-state index contributed by atoms with van der Waals surface area (Å²) in [6, 6.07) is 15.7. The predicted molar refractivity (Wildman–Crippen MR) is 110 cm³/mol. The smallest absolute Gasteiger partial charge is 0.293 e. The number of rotatable bonds is 7. The molecular formula is C21H17N5O4. The molecule has 0 aliphatic heterocycles. The molecule has 0 bridgehead atoms. The van der Waals surface area contributed by atoms with E-state index in [0.29, 0.717) is 34.9 Å². The molecule has 1 N–H and O–H groups in total. The van der Waals surface area contributed by atoms with Crippen molar-refractivity contribution in [3.05, 3.63) is 82.7 Å². The van der Waals surface area contributed by atoms with E-state index in [1.54, 1.807) is 43.8 Å². The van der Waals surface area contributed by atoms with Gasteiger partial charge in [0.05, 0.1) is 17.6 Å². The fourth-order valence-corrected chi connectivity index (χ4v) is 2.94. The Balaban J connectivity index is 1.62. The zero-order chi connectivity index (χ0) is 20.9. The summed E-state index contributed by atoms with van der Waals surface area (Å²) in [4.78, 5) is 19.6. The maximum atomic E-state index is 11.6. The standard InChI is InChI=1S/C21H17N5O4/c1-29-19-7-3-2-6-16(19)20-24-21(30-25-20)15-8-9-17(18(11-15)26(27)28)23-13-14-5-4-10-22-12-14/h2-12,23H,13H2,1H3. The molecule has 150 valence electrons. The van der Waals surface area contributed by atoms with Crippen LogP contribution < -0.4 is 10.1 Å². The minimum absolute atomic E-state index is 0.0894. The van der Waals surface area contributed by atoms with Gasteiger partial charge in [0.25, 0.3) is 11.6 Å². The summed E-state index contributed by atoms with van der Waals surface area (Å²) in [5.41, 5.74) is 2.32. The van der Waals surface area contributed by atoms with Crippen LogP contribution in [0.5, 0.6) is 5.75 Å². The van der Waals surface area contributed by atoms with E-state index >= 15 is 0 Å². The Morgan fingerprint density at radius 1 is 1.17 bits per heavy atom. The van der Waals surface area contributed by atoms with Crippen LogP contribution in [0, 0.1) is 10.1 Å². The molecule has 0 atom stereocenters. The molecule has 4 rings (SSSR count). The van der Waals surface area contributed by atoms with E-state index in [4.69, 9.17) is 9.26 Å². The van der Waals surface area contributed by atoms with Gasteiger partial charge in [0.1, 0.15) is 11.4 Å². The monoisotopic (exact) mass is 403 g/mol. The lowest BCUT2D eigenvalue weighted by Crippen LogP contribution is -2.03. The Bertz CT molecular complexity index is 1180. The second kappa shape index (κ2) is 8.39. The van der Waals surface area contributed by atoms with Crippen LogP contribution in [-0.4, -0.2) is 27.2 Å². The topological polar surface area (TPSA) is 116 Å². The number of methoxy groups -OCH3 is 1. The Morgan fingerprint density at radius 3 is 2.80 bits per heavy atom. The van der Waals surface area contributed by atoms with Crippen LogP contribution in [0.15, 0.2) is 71.5 Å². The fourth-order valence-electron chi connectivity index (χ4n) is 2.94. The first-order valence-electron chi connectivity index (χ1n) is 9.04. The first kappa shape index (κ1) is 19.1. The van der Waals surface area contributed by atoms with Crippen molar-refractivity contribution in [2.45, 2.75) is 6.54 Å². The summed E-state index contributed by atoms with van der Waals surface area (Å²) in [7, 11) is 1.56. The molecule has 0 radical (unpaired) electrons. The van der Waals surface area contributed by atoms with Crippen LogP contribution in [0.3, 0.4) is 0 Å². The second-order valence-corrected chi connectivity index (χ2v) is 6.33. The van der Waals surface area contributed by atoms with E-state index in [-0.39, 0.29) is 11.6 Å². The number of pyridine rings is 1. The number of anilines is 1. The van der Waals surface area contributed by atoms with Gasteiger partial charge < -0.3 is 14.6 Å². The number of hydrogen-bond donors (Lipinski definition) is 1. The highest BCUT2D eigenvalue weighted by molar-refractivity contribution is 5.71. The SMILES string of the molecule is COc1ccccc1-c1noc(-c2ccc(NCc3cccnc3)c([N+](=O)[O-])c2)n1. The summed E-state index contributed by atoms with van der Waals surface area (Å²) in [5.74, 6) is 1.12. The average Bonchev–Trinajstić information content (AvgIpc) is 3.28. The molecule has 0 amide bonds. The van der Waals surface area contributed by atoms with E-state index in [2.05, 4.69) is 20.4 Å². The number of hydrogen-bond acceptors (Lipinski definition) is 8. The minimum atomic E-state index is -0.452. The molecule has 2 aromatic heterocycles. The van der Waals surface area contributed by atoms with Crippen molar-refractivity contribution >= 4 is 11.4 Å². The first-order valence-corrected chi connectivity index (χ1v) is 9.04. The number of ether oxygens (including phenoxy) is 1. The lowest BCUT2D eigenvalue weighted by atomic mass is 10.1. The number of para-hydroxylation sites is 1. The van der Waals surface area contributed by atoms with Crippen LogP contribution in [0.1, 0.15) is 5.56 Å². The van der Waals surface area contributed by atoms with E-state index in [1.807, 2.05) is 24.3 Å². The third-order valence-electron chi connectivity index (χ3n) is 4.42. The third kappa shape index (κ3) is 3.95. The minimum Gasteiger partial charge on any atom is -0.496 e. The molecule has 2 heterocycles. The average molecular weight is 403 g/mol. The maximum Gasteiger partial charge on any atom is 0.293 e. The van der Waals surface area contributed by atoms with Gasteiger partial charge in [-0.3, -0.25) is 15.1 Å². The summed E-state index contributed by atoms with van der Waals surface area (Å²) in [6.45, 7) is 0.409. The van der Waals surface area contributed by atoms with Crippen molar-refractivity contribution in [3.8, 4) is 28.6 Å². The lowest BCUT2D eigenvalue weighted by molar-refractivity contribution is -0.383. The van der Waals surface area contributed by atoms with Gasteiger partial charge in [0.15, 0.2) is 0 Å². The molecule has 9 heteroatoms. The van der Waals surface area contributed by atoms with Gasteiger partial charge >= 0.3 is 0 Å². The van der Waals surface area contributed by atoms with Crippen molar-refractivity contribution < 1.29 is 14.2 Å². The number of aromatic nitrogens is 3. The summed E-state index contributed by atoms with van der Waals surface area (Å²) >= 11 is 0. The van der Waals surface area contributed by atoms with Crippen LogP contribution in [0.4, 0.5) is 11.4 Å². The predicted octanol–water partition coefficient (Wildman–Crippen LogP) is 4.33. The highest BCUT2D eigenvalue weighted by Gasteiger charge is 2.19. The van der Waals surface area contributed by atoms with Gasteiger partial charge in [-0.25, -0.2) is 0 Å². The van der Waals surface area contributed by atoms with Gasteiger partial charge in [-0.15, -0.1) is 0 Å². The van der Waals surface area contributed by atoms with Crippen molar-refractivity contribution in [1.29, 1.82) is 0 Å². The molecule has 0 aliphatic carbocycles. The molecule has 0 unspecified atom stereocenters. The Morgan fingerprint density at radius 2 is 2.03 bits per heavy atom. The van der Waals surface area contributed by atoms with Crippen LogP contribution in [-0.2, 0) is 6.54 Å². The second-order valence-electron chi connectivity index (χ2n) is 6.33.